The molecule has 6 heteroatoms. The number of benzene rings is 2. The number of rotatable bonds is 6. The molecule has 2 aromatic carbocycles. The monoisotopic (exact) mass is 365 g/mol. The Labute approximate surface area is 155 Å². The van der Waals surface area contributed by atoms with Gasteiger partial charge in [0, 0.05) is 18.3 Å². The SMILES string of the molecule is Cc1cc(=O)[nH]c(S[C@H](C(=O)NCc2ccccc2)c2ccccc2)n1. The number of aromatic nitrogens is 2. The second kappa shape index (κ2) is 8.49. The fourth-order valence-corrected chi connectivity index (χ4v) is 3.56. The molecule has 1 aromatic heterocycles. The fourth-order valence-electron chi connectivity index (χ4n) is 2.50. The molecule has 0 saturated heterocycles. The molecular weight excluding hydrogens is 346 g/mol. The fraction of sp³-hybridized carbons (Fsp3) is 0.150. The highest BCUT2D eigenvalue weighted by Crippen LogP contribution is 2.33. The molecule has 1 atom stereocenters. The molecule has 0 aliphatic rings. The topological polar surface area (TPSA) is 74.8 Å². The molecule has 0 unspecified atom stereocenters. The highest BCUT2D eigenvalue weighted by Gasteiger charge is 2.23. The van der Waals surface area contributed by atoms with Crippen LogP contribution >= 0.6 is 11.8 Å². The second-order valence-electron chi connectivity index (χ2n) is 5.80. The lowest BCUT2D eigenvalue weighted by molar-refractivity contribution is -0.120. The quantitative estimate of drug-likeness (QED) is 0.519. The zero-order chi connectivity index (χ0) is 18.4. The minimum atomic E-state index is -0.509. The third kappa shape index (κ3) is 4.83. The first-order valence-corrected chi connectivity index (χ1v) is 9.11. The standard InChI is InChI=1S/C20H19N3O2S/c1-14-12-17(24)23-20(22-14)26-18(16-10-6-3-7-11-16)19(25)21-13-15-8-4-2-5-9-15/h2-12,18H,13H2,1H3,(H,21,25)(H,22,23,24)/t18-/m0/s1. The summed E-state index contributed by atoms with van der Waals surface area (Å²) in [5.74, 6) is -0.130. The Hall–Kier alpha value is -2.86. The third-order valence-electron chi connectivity index (χ3n) is 3.73. The molecule has 1 heterocycles. The molecule has 0 spiro atoms. The number of amides is 1. The lowest BCUT2D eigenvalue weighted by Crippen LogP contribution is -2.27. The molecular formula is C20H19N3O2S. The molecule has 5 nitrogen and oxygen atoms in total. The van der Waals surface area contributed by atoms with Crippen molar-refractivity contribution in [2.24, 2.45) is 0 Å². The molecule has 3 rings (SSSR count). The van der Waals surface area contributed by atoms with Crippen molar-refractivity contribution < 1.29 is 4.79 Å². The van der Waals surface area contributed by atoms with E-state index in [2.05, 4.69) is 15.3 Å². The number of nitrogens with zero attached hydrogens (tertiary/aromatic N) is 1. The summed E-state index contributed by atoms with van der Waals surface area (Å²) in [5, 5.41) is 2.89. The lowest BCUT2D eigenvalue weighted by atomic mass is 10.1. The average molecular weight is 365 g/mol. The molecule has 0 fully saturated rings. The van der Waals surface area contributed by atoms with Gasteiger partial charge in [-0.05, 0) is 18.1 Å². The van der Waals surface area contributed by atoms with Crippen LogP contribution in [0.5, 0.6) is 0 Å². The van der Waals surface area contributed by atoms with Crippen LogP contribution in [0.2, 0.25) is 0 Å². The van der Waals surface area contributed by atoms with Crippen molar-refractivity contribution in [3.63, 3.8) is 0 Å². The Morgan fingerprint density at radius 3 is 2.42 bits per heavy atom. The summed E-state index contributed by atoms with van der Waals surface area (Å²) in [6.45, 7) is 2.20. The van der Waals surface area contributed by atoms with E-state index in [0.717, 1.165) is 11.1 Å². The van der Waals surface area contributed by atoms with Crippen molar-refractivity contribution in [2.75, 3.05) is 0 Å². The van der Waals surface area contributed by atoms with Crippen LogP contribution < -0.4 is 10.9 Å². The van der Waals surface area contributed by atoms with E-state index in [4.69, 9.17) is 0 Å². The van der Waals surface area contributed by atoms with E-state index in [1.807, 2.05) is 60.7 Å². The lowest BCUT2D eigenvalue weighted by Gasteiger charge is -2.16. The first kappa shape index (κ1) is 17.9. The Kier molecular flexibility index (Phi) is 5.86. The number of aryl methyl sites for hydroxylation is 1. The van der Waals surface area contributed by atoms with Crippen LogP contribution in [0.4, 0.5) is 0 Å². The van der Waals surface area contributed by atoms with Crippen molar-refractivity contribution in [1.29, 1.82) is 0 Å². The van der Waals surface area contributed by atoms with Gasteiger partial charge in [0.25, 0.3) is 5.56 Å². The summed E-state index contributed by atoms with van der Waals surface area (Å²) in [6.07, 6.45) is 0. The van der Waals surface area contributed by atoms with E-state index in [1.54, 1.807) is 6.92 Å². The first-order chi connectivity index (χ1) is 12.6. The molecule has 132 valence electrons. The second-order valence-corrected chi connectivity index (χ2v) is 6.90. The number of hydrogen-bond donors (Lipinski definition) is 2. The smallest absolute Gasteiger partial charge is 0.251 e. The Morgan fingerprint density at radius 2 is 1.77 bits per heavy atom. The number of carbonyl (C=O) groups excluding carboxylic acids is 1. The van der Waals surface area contributed by atoms with E-state index in [0.29, 0.717) is 17.4 Å². The van der Waals surface area contributed by atoms with Crippen LogP contribution in [-0.4, -0.2) is 15.9 Å². The maximum Gasteiger partial charge on any atom is 0.251 e. The van der Waals surface area contributed by atoms with Gasteiger partial charge in [0.1, 0.15) is 5.25 Å². The largest absolute Gasteiger partial charge is 0.351 e. The van der Waals surface area contributed by atoms with Crippen LogP contribution in [-0.2, 0) is 11.3 Å². The normalized spacial score (nSPS) is 11.7. The summed E-state index contributed by atoms with van der Waals surface area (Å²) in [7, 11) is 0. The number of H-pyrrole nitrogens is 1. The van der Waals surface area contributed by atoms with Crippen LogP contribution in [0.15, 0.2) is 76.7 Å². The molecule has 26 heavy (non-hydrogen) atoms. The van der Waals surface area contributed by atoms with E-state index in [1.165, 1.54) is 17.8 Å². The predicted molar refractivity (Wildman–Crippen MR) is 103 cm³/mol. The summed E-state index contributed by atoms with van der Waals surface area (Å²) in [6, 6.07) is 20.6. The Morgan fingerprint density at radius 1 is 1.12 bits per heavy atom. The molecule has 3 aromatic rings. The van der Waals surface area contributed by atoms with Crippen molar-refractivity contribution in [3.8, 4) is 0 Å². The van der Waals surface area contributed by atoms with Gasteiger partial charge >= 0.3 is 0 Å². The molecule has 0 saturated carbocycles. The Bertz CT molecular complexity index is 927. The third-order valence-corrected chi connectivity index (χ3v) is 4.87. The van der Waals surface area contributed by atoms with E-state index >= 15 is 0 Å². The van der Waals surface area contributed by atoms with Crippen LogP contribution in [0, 0.1) is 6.92 Å². The highest BCUT2D eigenvalue weighted by atomic mass is 32.2. The van der Waals surface area contributed by atoms with Crippen molar-refractivity contribution in [3.05, 3.63) is 93.9 Å². The van der Waals surface area contributed by atoms with Gasteiger partial charge < -0.3 is 10.3 Å². The molecule has 0 radical (unpaired) electrons. The zero-order valence-corrected chi connectivity index (χ0v) is 15.1. The Balaban J connectivity index is 1.81. The molecule has 0 bridgehead atoms. The van der Waals surface area contributed by atoms with Crippen LogP contribution in [0.1, 0.15) is 22.1 Å². The summed E-state index contributed by atoms with van der Waals surface area (Å²) in [4.78, 5) is 31.6. The first-order valence-electron chi connectivity index (χ1n) is 8.23. The van der Waals surface area contributed by atoms with E-state index in [-0.39, 0.29) is 11.5 Å². The molecule has 1 amide bonds. The van der Waals surface area contributed by atoms with Gasteiger partial charge in [-0.15, -0.1) is 0 Å². The van der Waals surface area contributed by atoms with Crippen molar-refractivity contribution in [1.82, 2.24) is 15.3 Å². The van der Waals surface area contributed by atoms with Crippen LogP contribution in [0.3, 0.4) is 0 Å². The van der Waals surface area contributed by atoms with Gasteiger partial charge in [0.05, 0.1) is 0 Å². The minimum absolute atomic E-state index is 0.130. The highest BCUT2D eigenvalue weighted by molar-refractivity contribution is 8.00. The number of carbonyl (C=O) groups is 1. The molecule has 0 aliphatic carbocycles. The predicted octanol–water partition coefficient (Wildman–Crippen LogP) is 3.23. The maximum atomic E-state index is 12.8. The minimum Gasteiger partial charge on any atom is -0.351 e. The van der Waals surface area contributed by atoms with Gasteiger partial charge in [-0.1, -0.05) is 72.4 Å². The van der Waals surface area contributed by atoms with Gasteiger partial charge in [-0.2, -0.15) is 0 Å². The van der Waals surface area contributed by atoms with Crippen LogP contribution in [0.25, 0.3) is 0 Å². The van der Waals surface area contributed by atoms with Crippen molar-refractivity contribution >= 4 is 17.7 Å². The molecule has 2 N–H and O–H groups in total. The molecule has 0 aliphatic heterocycles. The van der Waals surface area contributed by atoms with Gasteiger partial charge in [-0.3, -0.25) is 9.59 Å². The summed E-state index contributed by atoms with van der Waals surface area (Å²) in [5.41, 5.74) is 2.27. The summed E-state index contributed by atoms with van der Waals surface area (Å²) < 4.78 is 0. The maximum absolute atomic E-state index is 12.8. The number of aromatic amines is 1. The van der Waals surface area contributed by atoms with Gasteiger partial charge in [0.2, 0.25) is 5.91 Å². The van der Waals surface area contributed by atoms with E-state index in [9.17, 15) is 9.59 Å². The van der Waals surface area contributed by atoms with Crippen molar-refractivity contribution in [2.45, 2.75) is 23.9 Å². The van der Waals surface area contributed by atoms with Gasteiger partial charge in [-0.25, -0.2) is 4.98 Å². The van der Waals surface area contributed by atoms with E-state index < -0.39 is 5.25 Å². The average Bonchev–Trinajstić information content (AvgIpc) is 2.65. The number of thioether (sulfide) groups is 1. The summed E-state index contributed by atoms with van der Waals surface area (Å²) >= 11 is 1.23. The van der Waals surface area contributed by atoms with Gasteiger partial charge in [0.15, 0.2) is 5.16 Å². The number of nitrogens with one attached hydrogen (secondary N) is 2. The zero-order valence-electron chi connectivity index (χ0n) is 14.3. The number of hydrogen-bond acceptors (Lipinski definition) is 4.